The van der Waals surface area contributed by atoms with E-state index in [4.69, 9.17) is 17.3 Å². The van der Waals surface area contributed by atoms with Crippen LogP contribution in [-0.4, -0.2) is 23.9 Å². The van der Waals surface area contributed by atoms with E-state index in [0.717, 1.165) is 5.56 Å². The first-order chi connectivity index (χ1) is 8.08. The maximum Gasteiger partial charge on any atom is 0.246 e. The third-order valence-corrected chi connectivity index (χ3v) is 2.84. The molecule has 3 nitrogen and oxygen atoms in total. The molecule has 0 bridgehead atoms. The van der Waals surface area contributed by atoms with E-state index in [0.29, 0.717) is 23.8 Å². The highest BCUT2D eigenvalue weighted by atomic mass is 35.5. The first kappa shape index (κ1) is 13.6. The molecule has 17 heavy (non-hydrogen) atoms. The van der Waals surface area contributed by atoms with Crippen molar-refractivity contribution in [3.63, 3.8) is 0 Å². The molecule has 0 unspecified atom stereocenters. The summed E-state index contributed by atoms with van der Waals surface area (Å²) >= 11 is 6.00. The summed E-state index contributed by atoms with van der Waals surface area (Å²) in [5.74, 6) is -0.0199. The Labute approximate surface area is 107 Å². The van der Waals surface area contributed by atoms with Crippen molar-refractivity contribution < 1.29 is 4.79 Å². The number of nitrogen functional groups attached to an aromatic ring is 1. The second-order valence-corrected chi connectivity index (χ2v) is 4.03. The average Bonchev–Trinajstić information content (AvgIpc) is 2.32. The highest BCUT2D eigenvalue weighted by Gasteiger charge is 2.05. The molecule has 2 N–H and O–H groups in total. The zero-order chi connectivity index (χ0) is 12.8. The van der Waals surface area contributed by atoms with Crippen LogP contribution in [-0.2, 0) is 4.79 Å². The first-order valence-electron chi connectivity index (χ1n) is 5.60. The fourth-order valence-electron chi connectivity index (χ4n) is 1.49. The number of amides is 1. The number of rotatable bonds is 4. The summed E-state index contributed by atoms with van der Waals surface area (Å²) in [6.07, 6.45) is 3.22. The van der Waals surface area contributed by atoms with E-state index in [2.05, 4.69) is 0 Å². The van der Waals surface area contributed by atoms with Gasteiger partial charge in [0, 0.05) is 29.9 Å². The van der Waals surface area contributed by atoms with Gasteiger partial charge in [-0.3, -0.25) is 4.79 Å². The molecule has 4 heteroatoms. The Morgan fingerprint density at radius 3 is 2.65 bits per heavy atom. The van der Waals surface area contributed by atoms with Crippen molar-refractivity contribution in [2.45, 2.75) is 13.8 Å². The van der Waals surface area contributed by atoms with Crippen molar-refractivity contribution in [2.24, 2.45) is 0 Å². The minimum atomic E-state index is -0.0199. The molecule has 1 rings (SSSR count). The van der Waals surface area contributed by atoms with Gasteiger partial charge in [-0.05, 0) is 43.7 Å². The van der Waals surface area contributed by atoms with Crippen molar-refractivity contribution in [1.29, 1.82) is 0 Å². The summed E-state index contributed by atoms with van der Waals surface area (Å²) in [5.41, 5.74) is 7.04. The largest absolute Gasteiger partial charge is 0.399 e. The van der Waals surface area contributed by atoms with Gasteiger partial charge in [0.05, 0.1) is 0 Å². The molecule has 0 heterocycles. The van der Waals surface area contributed by atoms with Crippen LogP contribution in [0.4, 0.5) is 5.69 Å². The minimum absolute atomic E-state index is 0.0199. The van der Waals surface area contributed by atoms with Gasteiger partial charge in [0.15, 0.2) is 0 Å². The molecule has 0 radical (unpaired) electrons. The number of halogens is 1. The highest BCUT2D eigenvalue weighted by Crippen LogP contribution is 2.20. The molecule has 1 amide bonds. The van der Waals surface area contributed by atoms with E-state index in [9.17, 15) is 4.79 Å². The molecular formula is C13H17ClN2O. The molecule has 0 aliphatic rings. The van der Waals surface area contributed by atoms with Gasteiger partial charge in [0.25, 0.3) is 0 Å². The summed E-state index contributed by atoms with van der Waals surface area (Å²) in [6, 6.07) is 5.19. The average molecular weight is 253 g/mol. The fraction of sp³-hybridized carbons (Fsp3) is 0.308. The molecular weight excluding hydrogens is 236 g/mol. The Balaban J connectivity index is 2.83. The van der Waals surface area contributed by atoms with Crippen LogP contribution in [0.2, 0.25) is 5.02 Å². The summed E-state index contributed by atoms with van der Waals surface area (Å²) < 4.78 is 0. The molecule has 0 aliphatic heterocycles. The van der Waals surface area contributed by atoms with Crippen molar-refractivity contribution >= 4 is 29.3 Å². The number of carbonyl (C=O) groups excluding carboxylic acids is 1. The van der Waals surface area contributed by atoms with Crippen LogP contribution in [0, 0.1) is 0 Å². The van der Waals surface area contributed by atoms with Crippen molar-refractivity contribution in [1.82, 2.24) is 4.90 Å². The lowest BCUT2D eigenvalue weighted by atomic mass is 10.2. The molecule has 0 spiro atoms. The van der Waals surface area contributed by atoms with E-state index in [-0.39, 0.29) is 5.91 Å². The number of hydrogen-bond donors (Lipinski definition) is 1. The number of nitrogens with zero attached hydrogens (tertiary/aromatic N) is 1. The quantitative estimate of drug-likeness (QED) is 0.662. The third kappa shape index (κ3) is 3.79. The number of nitrogens with two attached hydrogens (primary N) is 1. The molecule has 0 aromatic heterocycles. The molecule has 0 aliphatic carbocycles. The Kier molecular flexibility index (Phi) is 5.04. The van der Waals surface area contributed by atoms with Gasteiger partial charge in [-0.1, -0.05) is 11.6 Å². The van der Waals surface area contributed by atoms with E-state index in [1.807, 2.05) is 13.8 Å². The minimum Gasteiger partial charge on any atom is -0.399 e. The maximum atomic E-state index is 11.7. The number of hydrogen-bond acceptors (Lipinski definition) is 2. The summed E-state index contributed by atoms with van der Waals surface area (Å²) in [4.78, 5) is 13.5. The Morgan fingerprint density at radius 1 is 1.41 bits per heavy atom. The van der Waals surface area contributed by atoms with E-state index >= 15 is 0 Å². The van der Waals surface area contributed by atoms with Gasteiger partial charge in [0.1, 0.15) is 0 Å². The van der Waals surface area contributed by atoms with E-state index in [1.54, 1.807) is 29.2 Å². The van der Waals surface area contributed by atoms with Gasteiger partial charge < -0.3 is 10.6 Å². The summed E-state index contributed by atoms with van der Waals surface area (Å²) in [6.45, 7) is 5.29. The van der Waals surface area contributed by atoms with Gasteiger partial charge in [-0.2, -0.15) is 0 Å². The predicted octanol–water partition coefficient (Wildman–Crippen LogP) is 2.80. The molecule has 0 saturated carbocycles. The Morgan fingerprint density at radius 2 is 2.06 bits per heavy atom. The molecule has 0 fully saturated rings. The van der Waals surface area contributed by atoms with Crippen LogP contribution in [0.3, 0.4) is 0 Å². The number of carbonyl (C=O) groups is 1. The van der Waals surface area contributed by atoms with Crippen LogP contribution in [0.5, 0.6) is 0 Å². The van der Waals surface area contributed by atoms with Gasteiger partial charge in [-0.25, -0.2) is 0 Å². The fourth-order valence-corrected chi connectivity index (χ4v) is 1.67. The van der Waals surface area contributed by atoms with E-state index < -0.39 is 0 Å². The Hall–Kier alpha value is -1.48. The Bertz CT molecular complexity index is 425. The number of benzene rings is 1. The van der Waals surface area contributed by atoms with Crippen LogP contribution >= 0.6 is 11.6 Å². The third-order valence-electron chi connectivity index (χ3n) is 2.50. The standard InChI is InChI=1S/C13H17ClN2O/c1-3-16(4-2)13(17)8-5-10-9-11(15)6-7-12(10)14/h5-9H,3-4,15H2,1-2H3/b8-5+. The van der Waals surface area contributed by atoms with Crippen LogP contribution in [0.15, 0.2) is 24.3 Å². The highest BCUT2D eigenvalue weighted by molar-refractivity contribution is 6.32. The summed E-state index contributed by atoms with van der Waals surface area (Å²) in [7, 11) is 0. The van der Waals surface area contributed by atoms with E-state index in [1.165, 1.54) is 6.08 Å². The lowest BCUT2D eigenvalue weighted by molar-refractivity contribution is -0.125. The lowest BCUT2D eigenvalue weighted by Gasteiger charge is -2.15. The maximum absolute atomic E-state index is 11.7. The lowest BCUT2D eigenvalue weighted by Crippen LogP contribution is -2.28. The molecule has 92 valence electrons. The van der Waals surface area contributed by atoms with Gasteiger partial charge >= 0.3 is 0 Å². The van der Waals surface area contributed by atoms with Gasteiger partial charge in [-0.15, -0.1) is 0 Å². The normalized spacial score (nSPS) is 10.8. The van der Waals surface area contributed by atoms with Crippen LogP contribution in [0.25, 0.3) is 6.08 Å². The SMILES string of the molecule is CCN(CC)C(=O)/C=C/c1cc(N)ccc1Cl. The van der Waals surface area contributed by atoms with Crippen molar-refractivity contribution in [3.05, 3.63) is 34.9 Å². The smallest absolute Gasteiger partial charge is 0.246 e. The number of anilines is 1. The zero-order valence-electron chi connectivity index (χ0n) is 10.1. The van der Waals surface area contributed by atoms with Crippen molar-refractivity contribution in [2.75, 3.05) is 18.8 Å². The molecule has 1 aromatic carbocycles. The second-order valence-electron chi connectivity index (χ2n) is 3.62. The molecule has 0 atom stereocenters. The van der Waals surface area contributed by atoms with Crippen LogP contribution < -0.4 is 5.73 Å². The second kappa shape index (κ2) is 6.30. The zero-order valence-corrected chi connectivity index (χ0v) is 10.9. The predicted molar refractivity (Wildman–Crippen MR) is 72.8 cm³/mol. The van der Waals surface area contributed by atoms with Crippen molar-refractivity contribution in [3.8, 4) is 0 Å². The molecule has 0 saturated heterocycles. The number of likely N-dealkylation sites (N-methyl/N-ethyl adjacent to an activating group) is 1. The summed E-state index contributed by atoms with van der Waals surface area (Å²) in [5, 5.41) is 0.586. The monoisotopic (exact) mass is 252 g/mol. The van der Waals surface area contributed by atoms with Crippen LogP contribution in [0.1, 0.15) is 19.4 Å². The molecule has 1 aromatic rings. The topological polar surface area (TPSA) is 46.3 Å². The van der Waals surface area contributed by atoms with Gasteiger partial charge in [0.2, 0.25) is 5.91 Å². The first-order valence-corrected chi connectivity index (χ1v) is 5.98.